The summed E-state index contributed by atoms with van der Waals surface area (Å²) in [6.07, 6.45) is 3.76. The topological polar surface area (TPSA) is 128 Å². The number of nitrogens with two attached hydrogens (primary N) is 1. The van der Waals surface area contributed by atoms with E-state index in [0.29, 0.717) is 22.3 Å². The van der Waals surface area contributed by atoms with Crippen molar-refractivity contribution in [3.05, 3.63) is 29.6 Å². The number of thiocarbonyl (C=S) groups is 1. The maximum Gasteiger partial charge on any atom is 0.141 e. The molecule has 0 amide bonds. The van der Waals surface area contributed by atoms with Crippen LogP contribution in [0, 0.1) is 11.3 Å². The van der Waals surface area contributed by atoms with Gasteiger partial charge in [0.2, 0.25) is 0 Å². The molecular formula is C14H14N4O3S. The number of aliphatic hydroxyl groups is 2. The number of hydrogen-bond donors (Lipinski definition) is 4. The van der Waals surface area contributed by atoms with Gasteiger partial charge in [-0.15, -0.1) is 0 Å². The van der Waals surface area contributed by atoms with Crippen molar-refractivity contribution in [1.82, 2.24) is 9.97 Å². The fourth-order valence-electron chi connectivity index (χ4n) is 1.84. The van der Waals surface area contributed by atoms with E-state index in [1.54, 1.807) is 18.5 Å². The second-order valence-electron chi connectivity index (χ2n) is 4.46. The highest BCUT2D eigenvalue weighted by atomic mass is 32.1. The summed E-state index contributed by atoms with van der Waals surface area (Å²) in [5.74, 6) is 0.463. The number of nitriles is 1. The van der Waals surface area contributed by atoms with Crippen molar-refractivity contribution in [3.63, 3.8) is 0 Å². The number of ether oxygens (including phenoxy) is 1. The van der Waals surface area contributed by atoms with E-state index in [0.717, 1.165) is 0 Å². The van der Waals surface area contributed by atoms with Crippen molar-refractivity contribution in [2.24, 2.45) is 5.73 Å². The number of pyridine rings is 1. The summed E-state index contributed by atoms with van der Waals surface area (Å²) in [5, 5.41) is 27.9. The molecule has 2 heterocycles. The van der Waals surface area contributed by atoms with E-state index in [9.17, 15) is 5.11 Å². The number of nitrogens with zero attached hydrogens (tertiary/aromatic N) is 2. The molecule has 114 valence electrons. The minimum atomic E-state index is -0.979. The average molecular weight is 318 g/mol. The van der Waals surface area contributed by atoms with Crippen LogP contribution in [0.4, 0.5) is 0 Å². The predicted octanol–water partition coefficient (Wildman–Crippen LogP) is 0.488. The number of nitrogens with one attached hydrogen (secondary N) is 1. The lowest BCUT2D eigenvalue weighted by atomic mass is 10.1. The summed E-state index contributed by atoms with van der Waals surface area (Å²) < 4.78 is 5.50. The number of H-pyrrole nitrogens is 1. The van der Waals surface area contributed by atoms with Crippen LogP contribution in [0.15, 0.2) is 24.0 Å². The molecule has 0 radical (unpaired) electrons. The Balaban J connectivity index is 2.45. The molecule has 0 saturated heterocycles. The van der Waals surface area contributed by atoms with Gasteiger partial charge in [-0.3, -0.25) is 0 Å². The molecule has 2 aromatic heterocycles. The first-order chi connectivity index (χ1) is 10.6. The van der Waals surface area contributed by atoms with E-state index in [-0.39, 0.29) is 17.2 Å². The van der Waals surface area contributed by atoms with Crippen LogP contribution in [0.1, 0.15) is 5.56 Å². The largest absolute Gasteiger partial charge is 0.490 e. The van der Waals surface area contributed by atoms with Crippen molar-refractivity contribution in [2.45, 2.75) is 6.10 Å². The highest BCUT2D eigenvalue weighted by Crippen LogP contribution is 2.29. The average Bonchev–Trinajstić information content (AvgIpc) is 2.93. The van der Waals surface area contributed by atoms with E-state index in [2.05, 4.69) is 9.97 Å². The summed E-state index contributed by atoms with van der Waals surface area (Å²) in [4.78, 5) is 7.12. The van der Waals surface area contributed by atoms with Crippen LogP contribution in [0.3, 0.4) is 0 Å². The first-order valence-corrected chi connectivity index (χ1v) is 6.77. The Bertz CT molecular complexity index is 763. The fraction of sp³-hybridized carbons (Fsp3) is 0.214. The first kappa shape index (κ1) is 15.9. The Hall–Kier alpha value is -2.47. The van der Waals surface area contributed by atoms with E-state index in [4.69, 9.17) is 33.1 Å². The fourth-order valence-corrected chi connectivity index (χ4v) is 1.94. The van der Waals surface area contributed by atoms with Crippen molar-refractivity contribution >= 4 is 34.3 Å². The van der Waals surface area contributed by atoms with Crippen LogP contribution in [-0.2, 0) is 0 Å². The molecule has 0 fully saturated rings. The number of aromatic amines is 1. The molecule has 22 heavy (non-hydrogen) atoms. The Morgan fingerprint density at radius 1 is 1.64 bits per heavy atom. The monoisotopic (exact) mass is 318 g/mol. The molecule has 0 saturated carbocycles. The van der Waals surface area contributed by atoms with Gasteiger partial charge < -0.3 is 25.7 Å². The summed E-state index contributed by atoms with van der Waals surface area (Å²) in [6, 6.07) is 3.56. The van der Waals surface area contributed by atoms with E-state index in [1.807, 2.05) is 6.07 Å². The Labute approximate surface area is 131 Å². The molecule has 2 rings (SSSR count). The van der Waals surface area contributed by atoms with Gasteiger partial charge in [0.05, 0.1) is 17.6 Å². The summed E-state index contributed by atoms with van der Waals surface area (Å²) >= 11 is 4.82. The third-order valence-corrected chi connectivity index (χ3v) is 3.11. The molecule has 0 aromatic carbocycles. The summed E-state index contributed by atoms with van der Waals surface area (Å²) in [5.41, 5.74) is 6.85. The van der Waals surface area contributed by atoms with Gasteiger partial charge >= 0.3 is 0 Å². The maximum atomic E-state index is 9.38. The van der Waals surface area contributed by atoms with Gasteiger partial charge in [0, 0.05) is 18.0 Å². The summed E-state index contributed by atoms with van der Waals surface area (Å²) in [7, 11) is 0. The molecule has 8 heteroatoms. The summed E-state index contributed by atoms with van der Waals surface area (Å²) in [6.45, 7) is -0.460. The zero-order chi connectivity index (χ0) is 16.1. The third kappa shape index (κ3) is 3.40. The minimum Gasteiger partial charge on any atom is -0.490 e. The van der Waals surface area contributed by atoms with E-state index in [1.165, 1.54) is 6.08 Å². The van der Waals surface area contributed by atoms with Crippen molar-refractivity contribution < 1.29 is 14.9 Å². The van der Waals surface area contributed by atoms with E-state index >= 15 is 0 Å². The number of fused-ring (bicyclic) bond motifs is 1. The second kappa shape index (κ2) is 7.00. The van der Waals surface area contributed by atoms with Gasteiger partial charge in [-0.05, 0) is 12.1 Å². The normalized spacial score (nSPS) is 12.9. The molecule has 0 aliphatic carbocycles. The number of hydrogen-bond acceptors (Lipinski definition) is 6. The molecule has 0 bridgehead atoms. The SMILES string of the molecule is N#C/C(=C/c1c[nH]c2nccc(OCC(O)CO)c12)C(N)=S. The predicted molar refractivity (Wildman–Crippen MR) is 85.1 cm³/mol. The molecular weight excluding hydrogens is 304 g/mol. The quantitative estimate of drug-likeness (QED) is 0.346. The number of rotatable bonds is 6. The molecule has 5 N–H and O–H groups in total. The lowest BCUT2D eigenvalue weighted by molar-refractivity contribution is 0.0541. The van der Waals surface area contributed by atoms with Gasteiger partial charge in [0.15, 0.2) is 0 Å². The molecule has 1 atom stereocenters. The zero-order valence-corrected chi connectivity index (χ0v) is 12.3. The van der Waals surface area contributed by atoms with Crippen LogP contribution in [0.2, 0.25) is 0 Å². The van der Waals surface area contributed by atoms with Crippen molar-refractivity contribution in [3.8, 4) is 11.8 Å². The van der Waals surface area contributed by atoms with Gasteiger partial charge in [0.25, 0.3) is 0 Å². The molecule has 0 aliphatic heterocycles. The van der Waals surface area contributed by atoms with Gasteiger partial charge in [-0.2, -0.15) is 5.26 Å². The standard InChI is InChI=1S/C14H14N4O3S/c15-4-8(13(16)22)3-9-5-18-14-12(9)11(1-2-17-14)21-7-10(20)6-19/h1-3,5,10,19-20H,6-7H2,(H2,16,22)(H,17,18)/b8-3-. The lowest BCUT2D eigenvalue weighted by Gasteiger charge is -2.11. The zero-order valence-electron chi connectivity index (χ0n) is 11.5. The highest BCUT2D eigenvalue weighted by Gasteiger charge is 2.12. The van der Waals surface area contributed by atoms with Gasteiger partial charge in [-0.25, -0.2) is 4.98 Å². The van der Waals surface area contributed by atoms with Crippen LogP contribution in [-0.4, -0.2) is 44.5 Å². The van der Waals surface area contributed by atoms with Crippen molar-refractivity contribution in [2.75, 3.05) is 13.2 Å². The Morgan fingerprint density at radius 3 is 3.05 bits per heavy atom. The van der Waals surface area contributed by atoms with Crippen molar-refractivity contribution in [1.29, 1.82) is 5.26 Å². The Morgan fingerprint density at radius 2 is 2.41 bits per heavy atom. The first-order valence-electron chi connectivity index (χ1n) is 6.36. The second-order valence-corrected chi connectivity index (χ2v) is 4.90. The van der Waals surface area contributed by atoms with Gasteiger partial charge in [0.1, 0.15) is 35.2 Å². The van der Waals surface area contributed by atoms with E-state index < -0.39 is 12.7 Å². The molecule has 1 unspecified atom stereocenters. The number of aromatic nitrogens is 2. The minimum absolute atomic E-state index is 0.00101. The molecule has 2 aromatic rings. The van der Waals surface area contributed by atoms with Crippen LogP contribution in [0.5, 0.6) is 5.75 Å². The maximum absolute atomic E-state index is 9.38. The van der Waals surface area contributed by atoms with Crippen LogP contribution < -0.4 is 10.5 Å². The smallest absolute Gasteiger partial charge is 0.141 e. The van der Waals surface area contributed by atoms with Crippen LogP contribution in [0.25, 0.3) is 17.1 Å². The third-order valence-electron chi connectivity index (χ3n) is 2.89. The number of aliphatic hydroxyl groups excluding tert-OH is 2. The Kier molecular flexibility index (Phi) is 5.06. The molecule has 0 aliphatic rings. The molecule has 7 nitrogen and oxygen atoms in total. The lowest BCUT2D eigenvalue weighted by Crippen LogP contribution is -2.21. The molecule has 0 spiro atoms. The van der Waals surface area contributed by atoms with Gasteiger partial charge in [-0.1, -0.05) is 12.2 Å². The highest BCUT2D eigenvalue weighted by molar-refractivity contribution is 7.80. The van der Waals surface area contributed by atoms with Crippen LogP contribution >= 0.6 is 12.2 Å².